The molecule has 18 heavy (non-hydrogen) atoms. The molecule has 0 aliphatic carbocycles. The molecule has 1 fully saturated rings. The normalized spacial score (nSPS) is 23.0. The molecule has 2 atom stereocenters. The Hall–Kier alpha value is -1.50. The molecule has 0 bridgehead atoms. The zero-order valence-electron chi connectivity index (χ0n) is 9.95. The highest BCUT2D eigenvalue weighted by Gasteiger charge is 2.26. The topological polar surface area (TPSA) is 79.2 Å². The highest BCUT2D eigenvalue weighted by Crippen LogP contribution is 2.04. The van der Waals surface area contributed by atoms with E-state index >= 15 is 0 Å². The van der Waals surface area contributed by atoms with E-state index in [9.17, 15) is 9.18 Å². The predicted octanol–water partition coefficient (Wildman–Crippen LogP) is -0.364. The first-order chi connectivity index (χ1) is 8.65. The lowest BCUT2D eigenvalue weighted by molar-refractivity contribution is -0.122. The number of hydrogen-bond donors (Lipinski definition) is 4. The molecule has 0 spiro atoms. The summed E-state index contributed by atoms with van der Waals surface area (Å²) in [4.78, 5) is 11.7. The van der Waals surface area contributed by atoms with Gasteiger partial charge in [-0.05, 0) is 24.1 Å². The smallest absolute Gasteiger partial charge is 0.238 e. The molecule has 98 valence electrons. The molecule has 2 rings (SSSR count). The summed E-state index contributed by atoms with van der Waals surface area (Å²) in [5.41, 5.74) is 12.1. The highest BCUT2D eigenvalue weighted by molar-refractivity contribution is 5.82. The van der Waals surface area contributed by atoms with Crippen molar-refractivity contribution in [1.29, 1.82) is 0 Å². The summed E-state index contributed by atoms with van der Waals surface area (Å²) in [6.07, 6.45) is 0.977. The van der Waals surface area contributed by atoms with Crippen molar-refractivity contribution in [2.75, 3.05) is 6.54 Å². The van der Waals surface area contributed by atoms with Crippen molar-refractivity contribution in [3.8, 4) is 0 Å². The number of amides is 1. The Kier molecular flexibility index (Phi) is 4.24. The fourth-order valence-corrected chi connectivity index (χ4v) is 1.90. The minimum atomic E-state index is -0.299. The highest BCUT2D eigenvalue weighted by atomic mass is 19.1. The maximum Gasteiger partial charge on any atom is 0.238 e. The van der Waals surface area contributed by atoms with Gasteiger partial charge in [0.15, 0.2) is 0 Å². The molecule has 5 nitrogen and oxygen atoms in total. The van der Waals surface area contributed by atoms with Crippen molar-refractivity contribution in [1.82, 2.24) is 16.2 Å². The van der Waals surface area contributed by atoms with Crippen LogP contribution in [0.5, 0.6) is 0 Å². The molecule has 1 aliphatic rings. The quantitative estimate of drug-likeness (QED) is 0.590. The zero-order valence-corrected chi connectivity index (χ0v) is 9.95. The van der Waals surface area contributed by atoms with Crippen LogP contribution in [0, 0.1) is 5.82 Å². The van der Waals surface area contributed by atoms with Gasteiger partial charge in [0.05, 0.1) is 6.17 Å². The summed E-state index contributed by atoms with van der Waals surface area (Å²) < 4.78 is 12.9. The molecule has 1 aromatic carbocycles. The number of nitrogens with one attached hydrogen (secondary N) is 3. The minimum Gasteiger partial charge on any atom is -0.354 e. The monoisotopic (exact) mass is 252 g/mol. The zero-order chi connectivity index (χ0) is 13.0. The Labute approximate surface area is 105 Å². The van der Waals surface area contributed by atoms with Gasteiger partial charge in [0.25, 0.3) is 0 Å². The SMILES string of the molecule is NC1CC(C(=O)NCCc2cccc(F)c2)NN1. The van der Waals surface area contributed by atoms with Gasteiger partial charge < -0.3 is 11.1 Å². The maximum absolute atomic E-state index is 12.9. The Morgan fingerprint density at radius 3 is 3.00 bits per heavy atom. The summed E-state index contributed by atoms with van der Waals surface area (Å²) in [5.74, 6) is -0.349. The fourth-order valence-electron chi connectivity index (χ4n) is 1.90. The molecule has 0 saturated carbocycles. The van der Waals surface area contributed by atoms with Crippen molar-refractivity contribution in [2.45, 2.75) is 25.0 Å². The van der Waals surface area contributed by atoms with Gasteiger partial charge in [-0.2, -0.15) is 0 Å². The summed E-state index contributed by atoms with van der Waals surface area (Å²) in [7, 11) is 0. The van der Waals surface area contributed by atoms with Crippen molar-refractivity contribution in [2.24, 2.45) is 5.73 Å². The van der Waals surface area contributed by atoms with Crippen LogP contribution in [0.15, 0.2) is 24.3 Å². The molecule has 0 aromatic heterocycles. The van der Waals surface area contributed by atoms with Gasteiger partial charge in [0.1, 0.15) is 11.9 Å². The second-order valence-corrected chi connectivity index (χ2v) is 4.35. The van der Waals surface area contributed by atoms with E-state index in [1.807, 2.05) is 6.07 Å². The molecule has 1 aromatic rings. The standard InChI is InChI=1S/C12H17FN4O/c13-9-3-1-2-8(6-9)4-5-15-12(18)10-7-11(14)17-16-10/h1-3,6,10-11,16-17H,4-5,7,14H2,(H,15,18). The number of hydrazine groups is 1. The van der Waals surface area contributed by atoms with Crippen molar-refractivity contribution in [3.05, 3.63) is 35.6 Å². The van der Waals surface area contributed by atoms with Crippen LogP contribution in [-0.2, 0) is 11.2 Å². The van der Waals surface area contributed by atoms with Gasteiger partial charge in [0.2, 0.25) is 5.91 Å². The molecule has 5 N–H and O–H groups in total. The number of hydrogen-bond acceptors (Lipinski definition) is 4. The molecule has 1 amide bonds. The Bertz CT molecular complexity index is 426. The first-order valence-electron chi connectivity index (χ1n) is 5.94. The van der Waals surface area contributed by atoms with E-state index in [1.54, 1.807) is 6.07 Å². The Balaban J connectivity index is 1.73. The summed E-state index contributed by atoms with van der Waals surface area (Å²) in [5, 5.41) is 2.79. The lowest BCUT2D eigenvalue weighted by Gasteiger charge is -2.10. The third kappa shape index (κ3) is 3.49. The molecular weight excluding hydrogens is 235 g/mol. The minimum absolute atomic E-state index is 0.0909. The largest absolute Gasteiger partial charge is 0.354 e. The average Bonchev–Trinajstić information content (AvgIpc) is 2.76. The van der Waals surface area contributed by atoms with Crippen molar-refractivity contribution < 1.29 is 9.18 Å². The van der Waals surface area contributed by atoms with Crippen LogP contribution in [0.3, 0.4) is 0 Å². The van der Waals surface area contributed by atoms with Crippen molar-refractivity contribution in [3.63, 3.8) is 0 Å². The molecular formula is C12H17FN4O. The second kappa shape index (κ2) is 5.90. The average molecular weight is 252 g/mol. The van der Waals surface area contributed by atoms with E-state index < -0.39 is 0 Å². The maximum atomic E-state index is 12.9. The number of carbonyl (C=O) groups excluding carboxylic acids is 1. The summed E-state index contributed by atoms with van der Waals surface area (Å²) >= 11 is 0. The Morgan fingerprint density at radius 1 is 1.50 bits per heavy atom. The van der Waals surface area contributed by atoms with Crippen LogP contribution in [0.25, 0.3) is 0 Å². The molecule has 0 radical (unpaired) electrons. The van der Waals surface area contributed by atoms with E-state index in [1.165, 1.54) is 12.1 Å². The lowest BCUT2D eigenvalue weighted by atomic mass is 10.1. The van der Waals surface area contributed by atoms with Crippen LogP contribution in [0.4, 0.5) is 4.39 Å². The summed E-state index contributed by atoms with van der Waals surface area (Å²) in [6, 6.07) is 6.07. The molecule has 2 unspecified atom stereocenters. The van der Waals surface area contributed by atoms with E-state index in [2.05, 4.69) is 16.2 Å². The van der Waals surface area contributed by atoms with E-state index in [4.69, 9.17) is 5.73 Å². The van der Waals surface area contributed by atoms with Crippen LogP contribution >= 0.6 is 0 Å². The van der Waals surface area contributed by atoms with E-state index in [0.717, 1.165) is 5.56 Å². The van der Waals surface area contributed by atoms with Gasteiger partial charge in [0, 0.05) is 13.0 Å². The lowest BCUT2D eigenvalue weighted by Crippen LogP contribution is -2.44. The Morgan fingerprint density at radius 2 is 2.33 bits per heavy atom. The molecule has 6 heteroatoms. The van der Waals surface area contributed by atoms with Gasteiger partial charge in [-0.25, -0.2) is 15.2 Å². The first kappa shape index (κ1) is 12.9. The number of rotatable bonds is 4. The van der Waals surface area contributed by atoms with Crippen LogP contribution < -0.4 is 21.9 Å². The molecule has 1 aliphatic heterocycles. The third-order valence-corrected chi connectivity index (χ3v) is 2.85. The number of halogens is 1. The first-order valence-corrected chi connectivity index (χ1v) is 5.94. The summed E-state index contributed by atoms with van der Waals surface area (Å²) in [6.45, 7) is 0.482. The van der Waals surface area contributed by atoms with E-state index in [0.29, 0.717) is 19.4 Å². The van der Waals surface area contributed by atoms with Gasteiger partial charge >= 0.3 is 0 Å². The second-order valence-electron chi connectivity index (χ2n) is 4.35. The number of carbonyl (C=O) groups is 1. The van der Waals surface area contributed by atoms with Crippen LogP contribution in [0.1, 0.15) is 12.0 Å². The van der Waals surface area contributed by atoms with Crippen LogP contribution in [0.2, 0.25) is 0 Å². The third-order valence-electron chi connectivity index (χ3n) is 2.85. The fraction of sp³-hybridized carbons (Fsp3) is 0.417. The van der Waals surface area contributed by atoms with Gasteiger partial charge in [-0.1, -0.05) is 12.1 Å². The predicted molar refractivity (Wildman–Crippen MR) is 65.8 cm³/mol. The van der Waals surface area contributed by atoms with Crippen molar-refractivity contribution >= 4 is 5.91 Å². The van der Waals surface area contributed by atoms with Crippen LogP contribution in [-0.4, -0.2) is 24.7 Å². The van der Waals surface area contributed by atoms with Gasteiger partial charge in [-0.15, -0.1) is 0 Å². The van der Waals surface area contributed by atoms with Gasteiger partial charge in [-0.3, -0.25) is 4.79 Å². The number of benzene rings is 1. The molecule has 1 heterocycles. The number of nitrogens with two attached hydrogens (primary N) is 1. The molecule has 1 saturated heterocycles. The van der Waals surface area contributed by atoms with E-state index in [-0.39, 0.29) is 23.9 Å².